The lowest BCUT2D eigenvalue weighted by Gasteiger charge is -2.50. The van der Waals surface area contributed by atoms with Crippen molar-refractivity contribution >= 4 is 11.7 Å². The Bertz CT molecular complexity index is 924. The molecule has 4 nitrogen and oxygen atoms in total. The fraction of sp³-hybridized carbons (Fsp3) is 0.654. The number of rotatable bonds is 3. The minimum Gasteiger partial charge on any atom is -0.462 e. The Morgan fingerprint density at radius 1 is 1.21 bits per heavy atom. The van der Waals surface area contributed by atoms with Gasteiger partial charge in [0.25, 0.3) is 0 Å². The minimum absolute atomic E-state index is 0.0149. The zero-order valence-corrected chi connectivity index (χ0v) is 19.2. The molecule has 0 radical (unpaired) electrons. The number of fused-ring (bicyclic) bond motifs is 2. The smallest absolute Gasteiger partial charge is 0.416 e. The molecular weight excluding hydrogens is 429 g/mol. The number of ether oxygens (including phenoxy) is 1. The molecule has 7 heteroatoms. The Labute approximate surface area is 193 Å². The number of nitrogens with zero attached hydrogens (tertiary/aromatic N) is 2. The summed E-state index contributed by atoms with van der Waals surface area (Å²) in [6.45, 7) is 10.1. The first-order valence-electron chi connectivity index (χ1n) is 12.2. The summed E-state index contributed by atoms with van der Waals surface area (Å²) in [5.74, 6) is 0.529. The first-order chi connectivity index (χ1) is 15.6. The molecule has 5 rings (SSSR count). The van der Waals surface area contributed by atoms with Crippen LogP contribution in [0.3, 0.4) is 0 Å². The molecule has 180 valence electrons. The van der Waals surface area contributed by atoms with Crippen LogP contribution in [0.15, 0.2) is 36.4 Å². The quantitative estimate of drug-likeness (QED) is 0.460. The average Bonchev–Trinajstić information content (AvgIpc) is 3.06. The van der Waals surface area contributed by atoms with Gasteiger partial charge in [-0.25, -0.2) is 0 Å². The van der Waals surface area contributed by atoms with Crippen LogP contribution < -0.4 is 4.90 Å². The summed E-state index contributed by atoms with van der Waals surface area (Å²) in [4.78, 5) is 17.1. The number of hydrogen-bond acceptors (Lipinski definition) is 4. The molecule has 4 aliphatic rings. The van der Waals surface area contributed by atoms with Crippen LogP contribution in [0.2, 0.25) is 0 Å². The van der Waals surface area contributed by atoms with Gasteiger partial charge >= 0.3 is 12.1 Å². The zero-order chi connectivity index (χ0) is 23.4. The Kier molecular flexibility index (Phi) is 5.74. The van der Waals surface area contributed by atoms with Gasteiger partial charge in [0.15, 0.2) is 0 Å². The lowest BCUT2D eigenvalue weighted by Crippen LogP contribution is -2.50. The highest BCUT2D eigenvalue weighted by Gasteiger charge is 2.55. The van der Waals surface area contributed by atoms with Crippen molar-refractivity contribution in [3.05, 3.63) is 42.0 Å². The first kappa shape index (κ1) is 22.8. The predicted octanol–water partition coefficient (Wildman–Crippen LogP) is 5.14. The first-order valence-corrected chi connectivity index (χ1v) is 12.2. The third kappa shape index (κ3) is 4.29. The number of piperazine rings is 1. The molecule has 2 saturated carbocycles. The molecule has 0 spiro atoms. The van der Waals surface area contributed by atoms with Gasteiger partial charge in [0, 0.05) is 44.3 Å². The highest BCUT2D eigenvalue weighted by Crippen LogP contribution is 2.57. The van der Waals surface area contributed by atoms with E-state index in [1.807, 2.05) is 4.90 Å². The SMILES string of the molecule is C=C1CCC[C@]2(C)C[C@H]3OC(=O)[C@@H](CN4CCN(c5cccc(C(F)(F)F)c5)CC4)[C@@H]3C[C@@H]12. The molecule has 5 atom stereocenters. The van der Waals surface area contributed by atoms with Gasteiger partial charge < -0.3 is 9.64 Å². The van der Waals surface area contributed by atoms with Gasteiger partial charge in [0.1, 0.15) is 6.10 Å². The number of alkyl halides is 3. The summed E-state index contributed by atoms with van der Waals surface area (Å²) in [6, 6.07) is 5.54. The van der Waals surface area contributed by atoms with Crippen molar-refractivity contribution < 1.29 is 22.7 Å². The molecule has 33 heavy (non-hydrogen) atoms. The molecule has 2 heterocycles. The molecule has 4 fully saturated rings. The second-order valence-electron chi connectivity index (χ2n) is 10.7. The van der Waals surface area contributed by atoms with Crippen molar-refractivity contribution in [3.8, 4) is 0 Å². The summed E-state index contributed by atoms with van der Waals surface area (Å²) in [5.41, 5.74) is 1.53. The maximum absolute atomic E-state index is 13.1. The van der Waals surface area contributed by atoms with Crippen molar-refractivity contribution in [1.29, 1.82) is 0 Å². The second kappa shape index (κ2) is 8.33. The highest BCUT2D eigenvalue weighted by atomic mass is 19.4. The molecule has 0 aromatic heterocycles. The third-order valence-electron chi connectivity index (χ3n) is 8.69. The molecule has 0 amide bonds. The van der Waals surface area contributed by atoms with Gasteiger partial charge in [0.05, 0.1) is 11.5 Å². The normalized spacial score (nSPS) is 35.2. The van der Waals surface area contributed by atoms with Crippen LogP contribution in [0.25, 0.3) is 0 Å². The zero-order valence-electron chi connectivity index (χ0n) is 19.2. The predicted molar refractivity (Wildman–Crippen MR) is 121 cm³/mol. The Hall–Kier alpha value is -2.02. The number of anilines is 1. The molecule has 1 aromatic carbocycles. The summed E-state index contributed by atoms with van der Waals surface area (Å²) in [7, 11) is 0. The molecule has 1 aromatic rings. The van der Waals surface area contributed by atoms with E-state index in [9.17, 15) is 18.0 Å². The fourth-order valence-corrected chi connectivity index (χ4v) is 6.81. The maximum atomic E-state index is 13.1. The maximum Gasteiger partial charge on any atom is 0.416 e. The van der Waals surface area contributed by atoms with E-state index in [1.165, 1.54) is 30.5 Å². The molecule has 0 N–H and O–H groups in total. The van der Waals surface area contributed by atoms with Gasteiger partial charge in [-0.15, -0.1) is 0 Å². The number of allylic oxidation sites excluding steroid dienone is 1. The molecule has 2 aliphatic carbocycles. The standard InChI is InChI=1S/C26H33F3N2O2/c1-17-5-4-8-25(2)15-23-20(14-22(17)25)21(24(32)33-23)16-30-9-11-31(12-10-30)19-7-3-6-18(13-19)26(27,28)29/h3,6-7,13,20-23H,1,4-5,8-12,14-16H2,2H3/t20-,21-,22-,23+,25+/m0/s1. The van der Waals surface area contributed by atoms with E-state index < -0.39 is 11.7 Å². The number of carbonyl (C=O) groups excluding carboxylic acids is 1. The largest absolute Gasteiger partial charge is 0.462 e. The van der Waals surface area contributed by atoms with Crippen LogP contribution in [-0.2, 0) is 15.7 Å². The summed E-state index contributed by atoms with van der Waals surface area (Å²) in [5, 5.41) is 0. The van der Waals surface area contributed by atoms with E-state index in [1.54, 1.807) is 6.07 Å². The van der Waals surface area contributed by atoms with Crippen LogP contribution in [0.1, 0.15) is 44.6 Å². The lowest BCUT2D eigenvalue weighted by atomic mass is 9.55. The minimum atomic E-state index is -4.34. The third-order valence-corrected chi connectivity index (χ3v) is 8.69. The molecule has 2 saturated heterocycles. The number of carbonyl (C=O) groups is 1. The topological polar surface area (TPSA) is 32.8 Å². The van der Waals surface area contributed by atoms with E-state index in [0.717, 1.165) is 38.4 Å². The molecule has 0 unspecified atom stereocenters. The van der Waals surface area contributed by atoms with Crippen molar-refractivity contribution in [1.82, 2.24) is 4.90 Å². The monoisotopic (exact) mass is 462 g/mol. The Morgan fingerprint density at radius 3 is 2.70 bits per heavy atom. The number of benzene rings is 1. The average molecular weight is 463 g/mol. The van der Waals surface area contributed by atoms with Crippen molar-refractivity contribution in [2.45, 2.75) is 51.3 Å². The van der Waals surface area contributed by atoms with Crippen LogP contribution in [0.5, 0.6) is 0 Å². The summed E-state index contributed by atoms with van der Waals surface area (Å²) < 4.78 is 45.1. The van der Waals surface area contributed by atoms with E-state index in [0.29, 0.717) is 31.2 Å². The molecule has 0 bridgehead atoms. The van der Waals surface area contributed by atoms with Gasteiger partial charge in [-0.05, 0) is 61.6 Å². The highest BCUT2D eigenvalue weighted by molar-refractivity contribution is 5.75. The number of esters is 1. The summed E-state index contributed by atoms with van der Waals surface area (Å²) >= 11 is 0. The Balaban J connectivity index is 1.21. The van der Waals surface area contributed by atoms with Crippen LogP contribution in [-0.4, -0.2) is 49.7 Å². The van der Waals surface area contributed by atoms with E-state index in [-0.39, 0.29) is 29.3 Å². The van der Waals surface area contributed by atoms with Crippen LogP contribution in [0, 0.1) is 23.2 Å². The second-order valence-corrected chi connectivity index (χ2v) is 10.7. The van der Waals surface area contributed by atoms with E-state index in [2.05, 4.69) is 18.4 Å². The van der Waals surface area contributed by atoms with E-state index >= 15 is 0 Å². The van der Waals surface area contributed by atoms with Gasteiger partial charge in [-0.1, -0.05) is 25.1 Å². The lowest BCUT2D eigenvalue weighted by molar-refractivity contribution is -0.146. The fourth-order valence-electron chi connectivity index (χ4n) is 6.81. The van der Waals surface area contributed by atoms with Crippen molar-refractivity contribution in [2.75, 3.05) is 37.6 Å². The van der Waals surface area contributed by atoms with Gasteiger partial charge in [-0.2, -0.15) is 13.2 Å². The van der Waals surface area contributed by atoms with Crippen molar-refractivity contribution in [2.24, 2.45) is 23.2 Å². The molecular formula is C26H33F3N2O2. The van der Waals surface area contributed by atoms with Crippen molar-refractivity contribution in [3.63, 3.8) is 0 Å². The van der Waals surface area contributed by atoms with Gasteiger partial charge in [-0.3, -0.25) is 9.69 Å². The number of hydrogen-bond donors (Lipinski definition) is 0. The Morgan fingerprint density at radius 2 is 1.97 bits per heavy atom. The number of halogens is 3. The van der Waals surface area contributed by atoms with Crippen LogP contribution in [0.4, 0.5) is 18.9 Å². The van der Waals surface area contributed by atoms with Crippen LogP contribution >= 0.6 is 0 Å². The molecule has 2 aliphatic heterocycles. The summed E-state index contributed by atoms with van der Waals surface area (Å²) in [6.07, 6.45) is 1.05. The van der Waals surface area contributed by atoms with Gasteiger partial charge in [0.2, 0.25) is 0 Å². The van der Waals surface area contributed by atoms with E-state index in [4.69, 9.17) is 4.74 Å².